The topological polar surface area (TPSA) is 117 Å². The fourth-order valence-electron chi connectivity index (χ4n) is 3.65. The first-order valence-corrected chi connectivity index (χ1v) is 11.0. The maximum Gasteiger partial charge on any atom is 0.244 e. The zero-order valence-corrected chi connectivity index (χ0v) is 19.9. The summed E-state index contributed by atoms with van der Waals surface area (Å²) >= 11 is 12.4. The Labute approximate surface area is 202 Å². The third-order valence-corrected chi connectivity index (χ3v) is 6.49. The zero-order chi connectivity index (χ0) is 24.0. The number of allylic oxidation sites excluding steroid dienone is 1. The molecule has 2 heterocycles. The molecule has 1 amide bonds. The number of piperidine rings is 1. The van der Waals surface area contributed by atoms with Crippen LogP contribution in [0.5, 0.6) is 5.75 Å². The highest BCUT2D eigenvalue weighted by Gasteiger charge is 2.38. The van der Waals surface area contributed by atoms with Crippen molar-refractivity contribution in [2.24, 2.45) is 10.7 Å². The summed E-state index contributed by atoms with van der Waals surface area (Å²) in [4.78, 5) is 26.9. The molecule has 33 heavy (non-hydrogen) atoms. The second kappa shape index (κ2) is 10.6. The third-order valence-electron chi connectivity index (χ3n) is 5.70. The molecule has 1 aromatic carbocycles. The lowest BCUT2D eigenvalue weighted by atomic mass is 9.74. The van der Waals surface area contributed by atoms with Crippen LogP contribution in [-0.2, 0) is 10.2 Å². The quantitative estimate of drug-likeness (QED) is 0.623. The minimum Gasteiger partial charge on any atom is -0.495 e. The standard InChI is InChI=1S/C23H24Cl2N6O2/c1-15(20(25)21(27)22-28-8-3-9-29-22)30-13-19(32)31-10-6-23(14-26,7-11-31)16-4-5-17(24)18(12-16)33-2/h3-5,8-9,12H,6-7,10-11,13,27H2,1-2H3. The van der Waals surface area contributed by atoms with Gasteiger partial charge in [-0.15, -0.1) is 0 Å². The van der Waals surface area contributed by atoms with E-state index in [0.717, 1.165) is 5.56 Å². The molecule has 0 saturated carbocycles. The van der Waals surface area contributed by atoms with E-state index in [1.54, 1.807) is 42.4 Å². The summed E-state index contributed by atoms with van der Waals surface area (Å²) in [6, 6.07) is 9.49. The van der Waals surface area contributed by atoms with Gasteiger partial charge in [-0.25, -0.2) is 9.97 Å². The van der Waals surface area contributed by atoms with Crippen molar-refractivity contribution in [3.05, 3.63) is 58.1 Å². The monoisotopic (exact) mass is 486 g/mol. The summed E-state index contributed by atoms with van der Waals surface area (Å²) in [6.07, 6.45) is 4.13. The van der Waals surface area contributed by atoms with Crippen LogP contribution in [0.3, 0.4) is 0 Å². The van der Waals surface area contributed by atoms with Crippen LogP contribution >= 0.6 is 23.2 Å². The second-order valence-electron chi connectivity index (χ2n) is 7.63. The highest BCUT2D eigenvalue weighted by molar-refractivity contribution is 6.46. The fourth-order valence-corrected chi connectivity index (χ4v) is 3.99. The van der Waals surface area contributed by atoms with Gasteiger partial charge in [0.2, 0.25) is 5.91 Å². The highest BCUT2D eigenvalue weighted by atomic mass is 35.5. The van der Waals surface area contributed by atoms with Gasteiger partial charge in [0.1, 0.15) is 12.3 Å². The van der Waals surface area contributed by atoms with E-state index in [1.807, 2.05) is 6.07 Å². The van der Waals surface area contributed by atoms with Gasteiger partial charge < -0.3 is 15.4 Å². The fraction of sp³-hybridized carbons (Fsp3) is 0.348. The molecule has 0 atom stereocenters. The van der Waals surface area contributed by atoms with Gasteiger partial charge >= 0.3 is 0 Å². The molecule has 0 aliphatic carbocycles. The Morgan fingerprint density at radius 3 is 2.61 bits per heavy atom. The van der Waals surface area contributed by atoms with Crippen molar-refractivity contribution in [1.29, 1.82) is 5.26 Å². The lowest BCUT2D eigenvalue weighted by molar-refractivity contribution is -0.130. The summed E-state index contributed by atoms with van der Waals surface area (Å²) in [5.41, 5.74) is 6.77. The van der Waals surface area contributed by atoms with Crippen LogP contribution < -0.4 is 10.5 Å². The minimum absolute atomic E-state index is 0.0701. The number of likely N-dealkylation sites (tertiary alicyclic amines) is 1. The number of nitriles is 1. The van der Waals surface area contributed by atoms with Crippen LogP contribution in [0.15, 0.2) is 46.7 Å². The van der Waals surface area contributed by atoms with E-state index in [4.69, 9.17) is 33.7 Å². The first-order valence-electron chi connectivity index (χ1n) is 10.3. The predicted octanol–water partition coefficient (Wildman–Crippen LogP) is 3.55. The first kappa shape index (κ1) is 24.5. The minimum atomic E-state index is -0.704. The third kappa shape index (κ3) is 5.44. The molecule has 2 N–H and O–H groups in total. The normalized spacial score (nSPS) is 16.6. The number of amides is 1. The number of carbonyl (C=O) groups excluding carboxylic acids is 1. The molecule has 1 aliphatic heterocycles. The number of rotatable bonds is 6. The number of hydrogen-bond acceptors (Lipinski definition) is 7. The molecule has 0 bridgehead atoms. The van der Waals surface area contributed by atoms with E-state index >= 15 is 0 Å². The lowest BCUT2D eigenvalue weighted by Crippen LogP contribution is -2.45. The van der Waals surface area contributed by atoms with Gasteiger partial charge in [-0.05, 0) is 43.5 Å². The number of aliphatic imine (C=N–C) groups is 1. The Hall–Kier alpha value is -3.15. The number of halogens is 2. The molecule has 0 unspecified atom stereocenters. The Morgan fingerprint density at radius 1 is 1.33 bits per heavy atom. The Kier molecular flexibility index (Phi) is 7.90. The van der Waals surface area contributed by atoms with Gasteiger partial charge in [0, 0.05) is 25.5 Å². The Balaban J connectivity index is 1.66. The van der Waals surface area contributed by atoms with Crippen molar-refractivity contribution in [3.63, 3.8) is 0 Å². The van der Waals surface area contributed by atoms with Crippen molar-refractivity contribution in [1.82, 2.24) is 14.9 Å². The van der Waals surface area contributed by atoms with E-state index in [2.05, 4.69) is 21.0 Å². The van der Waals surface area contributed by atoms with Crippen molar-refractivity contribution in [2.75, 3.05) is 26.7 Å². The maximum absolute atomic E-state index is 12.7. The largest absolute Gasteiger partial charge is 0.495 e. The van der Waals surface area contributed by atoms with E-state index in [1.165, 1.54) is 7.11 Å². The van der Waals surface area contributed by atoms with Crippen molar-refractivity contribution >= 4 is 40.5 Å². The van der Waals surface area contributed by atoms with Gasteiger partial charge in [0.15, 0.2) is 5.82 Å². The predicted molar refractivity (Wildman–Crippen MR) is 128 cm³/mol. The molecule has 8 nitrogen and oxygen atoms in total. The molecular formula is C23H24Cl2N6O2. The van der Waals surface area contributed by atoms with Crippen molar-refractivity contribution in [2.45, 2.75) is 25.2 Å². The van der Waals surface area contributed by atoms with E-state index in [0.29, 0.717) is 48.2 Å². The lowest BCUT2D eigenvalue weighted by Gasteiger charge is -2.37. The smallest absolute Gasteiger partial charge is 0.244 e. The van der Waals surface area contributed by atoms with E-state index in [9.17, 15) is 10.1 Å². The molecule has 1 aliphatic rings. The SMILES string of the molecule is COc1cc(C2(C#N)CCN(C(=O)CN=C(C)C(Cl)=C(N)c3ncccn3)CC2)ccc1Cl. The molecule has 1 fully saturated rings. The van der Waals surface area contributed by atoms with Crippen molar-refractivity contribution < 1.29 is 9.53 Å². The van der Waals surface area contributed by atoms with Crippen LogP contribution in [0.4, 0.5) is 0 Å². The average molecular weight is 487 g/mol. The van der Waals surface area contributed by atoms with Gasteiger partial charge in [-0.3, -0.25) is 9.79 Å². The molecule has 3 rings (SSSR count). The number of nitrogens with two attached hydrogens (primary N) is 1. The van der Waals surface area contributed by atoms with Crippen LogP contribution in [0.1, 0.15) is 31.2 Å². The number of carbonyl (C=O) groups is 1. The van der Waals surface area contributed by atoms with Gasteiger partial charge in [0.05, 0.1) is 40.1 Å². The number of hydrogen-bond donors (Lipinski definition) is 1. The molecule has 1 aromatic heterocycles. The highest BCUT2D eigenvalue weighted by Crippen LogP contribution is 2.38. The number of nitrogens with zero attached hydrogens (tertiary/aromatic N) is 5. The van der Waals surface area contributed by atoms with Crippen LogP contribution in [0, 0.1) is 11.3 Å². The molecule has 0 radical (unpaired) electrons. The molecular weight excluding hydrogens is 463 g/mol. The number of methoxy groups -OCH3 is 1. The first-order chi connectivity index (χ1) is 15.8. The maximum atomic E-state index is 12.7. The van der Waals surface area contributed by atoms with Gasteiger partial charge in [-0.1, -0.05) is 29.3 Å². The summed E-state index contributed by atoms with van der Waals surface area (Å²) in [6.45, 7) is 2.49. The van der Waals surface area contributed by atoms with Gasteiger partial charge in [-0.2, -0.15) is 5.26 Å². The van der Waals surface area contributed by atoms with Crippen LogP contribution in [0.25, 0.3) is 5.70 Å². The average Bonchev–Trinajstić information content (AvgIpc) is 2.87. The number of benzene rings is 1. The summed E-state index contributed by atoms with van der Waals surface area (Å²) in [5.74, 6) is 0.678. The van der Waals surface area contributed by atoms with Crippen LogP contribution in [0.2, 0.25) is 5.02 Å². The Bertz CT molecular complexity index is 1120. The molecule has 1 saturated heterocycles. The number of aromatic nitrogens is 2. The zero-order valence-electron chi connectivity index (χ0n) is 18.4. The second-order valence-corrected chi connectivity index (χ2v) is 8.41. The van der Waals surface area contributed by atoms with E-state index < -0.39 is 5.41 Å². The van der Waals surface area contributed by atoms with Crippen molar-refractivity contribution in [3.8, 4) is 11.8 Å². The molecule has 172 valence electrons. The molecule has 2 aromatic rings. The summed E-state index contributed by atoms with van der Waals surface area (Å²) in [7, 11) is 1.54. The molecule has 0 spiro atoms. The number of ether oxygens (including phenoxy) is 1. The molecule has 10 heteroatoms. The van der Waals surface area contributed by atoms with Gasteiger partial charge in [0.25, 0.3) is 0 Å². The van der Waals surface area contributed by atoms with Crippen LogP contribution in [-0.4, -0.2) is 53.2 Å². The van der Waals surface area contributed by atoms with E-state index in [-0.39, 0.29) is 23.2 Å². The summed E-state index contributed by atoms with van der Waals surface area (Å²) in [5, 5.41) is 10.6. The Morgan fingerprint density at radius 2 is 2.00 bits per heavy atom. The summed E-state index contributed by atoms with van der Waals surface area (Å²) < 4.78 is 5.29.